The van der Waals surface area contributed by atoms with E-state index in [9.17, 15) is 0 Å². The molecule has 0 unspecified atom stereocenters. The van der Waals surface area contributed by atoms with Crippen molar-refractivity contribution in [1.82, 2.24) is 0 Å². The SMILES string of the molecule is c1ccc2c(c1)oc1cc(-c3ccc4sc5ccccc5c4c3)ccc12. The van der Waals surface area contributed by atoms with Crippen LogP contribution in [0.3, 0.4) is 0 Å². The average Bonchev–Trinajstić information content (AvgIpc) is 3.25. The highest BCUT2D eigenvalue weighted by atomic mass is 32.1. The van der Waals surface area contributed by atoms with Crippen LogP contribution in [0.1, 0.15) is 0 Å². The van der Waals surface area contributed by atoms with E-state index in [1.54, 1.807) is 0 Å². The van der Waals surface area contributed by atoms with Crippen LogP contribution >= 0.6 is 11.3 Å². The number of furan rings is 1. The highest BCUT2D eigenvalue weighted by molar-refractivity contribution is 7.25. The average molecular weight is 350 g/mol. The van der Waals surface area contributed by atoms with Crippen molar-refractivity contribution < 1.29 is 4.42 Å². The molecule has 0 saturated heterocycles. The predicted molar refractivity (Wildman–Crippen MR) is 112 cm³/mol. The standard InChI is InChI=1S/C24H14OS/c1-3-7-21-17(5-1)18-11-9-16(14-22(18)25-21)15-10-12-24-20(13-15)19-6-2-4-8-23(19)26-24/h1-14H. The van der Waals surface area contributed by atoms with E-state index in [-0.39, 0.29) is 0 Å². The van der Waals surface area contributed by atoms with Gasteiger partial charge in [-0.05, 0) is 47.5 Å². The van der Waals surface area contributed by atoms with Crippen molar-refractivity contribution >= 4 is 53.4 Å². The zero-order chi connectivity index (χ0) is 17.1. The summed E-state index contributed by atoms with van der Waals surface area (Å²) in [6.45, 7) is 0. The van der Waals surface area contributed by atoms with Crippen LogP contribution in [0.5, 0.6) is 0 Å². The molecule has 0 fully saturated rings. The maximum atomic E-state index is 6.06. The Bertz CT molecular complexity index is 1430. The summed E-state index contributed by atoms with van der Waals surface area (Å²) in [5, 5.41) is 5.01. The van der Waals surface area contributed by atoms with Crippen molar-refractivity contribution in [3.63, 3.8) is 0 Å². The minimum Gasteiger partial charge on any atom is -0.456 e. The molecule has 0 aliphatic carbocycles. The van der Waals surface area contributed by atoms with E-state index in [1.807, 2.05) is 23.5 Å². The number of fused-ring (bicyclic) bond motifs is 6. The van der Waals surface area contributed by atoms with Gasteiger partial charge in [0.25, 0.3) is 0 Å². The second-order valence-corrected chi connectivity index (χ2v) is 7.70. The van der Waals surface area contributed by atoms with E-state index in [0.717, 1.165) is 11.2 Å². The zero-order valence-electron chi connectivity index (χ0n) is 13.9. The highest BCUT2D eigenvalue weighted by Crippen LogP contribution is 2.37. The number of hydrogen-bond donors (Lipinski definition) is 0. The molecule has 0 saturated carbocycles. The van der Waals surface area contributed by atoms with Crippen LogP contribution in [0.4, 0.5) is 0 Å². The number of thiophene rings is 1. The summed E-state index contributed by atoms with van der Waals surface area (Å²) in [4.78, 5) is 0. The first kappa shape index (κ1) is 14.1. The Labute approximate surface area is 154 Å². The molecule has 1 nitrogen and oxygen atoms in total. The summed E-state index contributed by atoms with van der Waals surface area (Å²) in [6.07, 6.45) is 0. The lowest BCUT2D eigenvalue weighted by Crippen LogP contribution is -1.77. The molecule has 0 amide bonds. The Kier molecular flexibility index (Phi) is 2.82. The Morgan fingerprint density at radius 2 is 1.19 bits per heavy atom. The molecule has 2 heterocycles. The summed E-state index contributed by atoms with van der Waals surface area (Å²) in [5.74, 6) is 0. The number of hydrogen-bond acceptors (Lipinski definition) is 2. The Morgan fingerprint density at radius 1 is 0.500 bits per heavy atom. The maximum absolute atomic E-state index is 6.06. The lowest BCUT2D eigenvalue weighted by atomic mass is 10.0. The third-order valence-corrected chi connectivity index (χ3v) is 6.24. The van der Waals surface area contributed by atoms with E-state index >= 15 is 0 Å². The highest BCUT2D eigenvalue weighted by Gasteiger charge is 2.10. The molecule has 26 heavy (non-hydrogen) atoms. The van der Waals surface area contributed by atoms with E-state index in [4.69, 9.17) is 4.42 Å². The molecule has 0 aliphatic heterocycles. The van der Waals surface area contributed by atoms with Crippen molar-refractivity contribution in [2.24, 2.45) is 0 Å². The van der Waals surface area contributed by atoms with Gasteiger partial charge in [-0.2, -0.15) is 0 Å². The zero-order valence-corrected chi connectivity index (χ0v) is 14.7. The number of benzene rings is 4. The maximum Gasteiger partial charge on any atom is 0.136 e. The summed E-state index contributed by atoms with van der Waals surface area (Å²) < 4.78 is 8.73. The van der Waals surface area contributed by atoms with Crippen LogP contribution in [0.15, 0.2) is 89.3 Å². The second kappa shape index (κ2) is 5.20. The van der Waals surface area contributed by atoms with Gasteiger partial charge < -0.3 is 4.42 Å². The fourth-order valence-electron chi connectivity index (χ4n) is 3.81. The third kappa shape index (κ3) is 1.97. The first-order valence-electron chi connectivity index (χ1n) is 8.70. The van der Waals surface area contributed by atoms with Crippen molar-refractivity contribution in [2.45, 2.75) is 0 Å². The van der Waals surface area contributed by atoms with E-state index in [0.29, 0.717) is 0 Å². The van der Waals surface area contributed by atoms with Crippen LogP contribution in [-0.4, -0.2) is 0 Å². The van der Waals surface area contributed by atoms with Crippen LogP contribution in [-0.2, 0) is 0 Å². The molecule has 4 aromatic carbocycles. The van der Waals surface area contributed by atoms with Crippen LogP contribution < -0.4 is 0 Å². The molecular formula is C24H14OS. The molecule has 0 N–H and O–H groups in total. The molecule has 2 aromatic heterocycles. The normalized spacial score (nSPS) is 11.8. The lowest BCUT2D eigenvalue weighted by molar-refractivity contribution is 0.669. The second-order valence-electron chi connectivity index (χ2n) is 6.62. The van der Waals surface area contributed by atoms with Gasteiger partial charge >= 0.3 is 0 Å². The van der Waals surface area contributed by atoms with Crippen LogP contribution in [0.25, 0.3) is 53.2 Å². The molecular weight excluding hydrogens is 336 g/mol. The monoisotopic (exact) mass is 350 g/mol. The van der Waals surface area contributed by atoms with Crippen molar-refractivity contribution in [3.8, 4) is 11.1 Å². The number of para-hydroxylation sites is 1. The molecule has 0 atom stereocenters. The van der Waals surface area contributed by atoms with Crippen LogP contribution in [0, 0.1) is 0 Å². The summed E-state index contributed by atoms with van der Waals surface area (Å²) in [5.41, 5.74) is 4.30. The molecule has 0 bridgehead atoms. The molecule has 6 rings (SSSR count). The fourth-order valence-corrected chi connectivity index (χ4v) is 4.90. The first-order valence-corrected chi connectivity index (χ1v) is 9.51. The quantitative estimate of drug-likeness (QED) is 0.297. The van der Waals surface area contributed by atoms with Crippen molar-refractivity contribution in [3.05, 3.63) is 84.9 Å². The van der Waals surface area contributed by atoms with Gasteiger partial charge in [0, 0.05) is 30.9 Å². The molecule has 0 aliphatic rings. The Balaban J connectivity index is 1.59. The van der Waals surface area contributed by atoms with Gasteiger partial charge in [-0.25, -0.2) is 0 Å². The Morgan fingerprint density at radius 3 is 2.15 bits per heavy atom. The van der Waals surface area contributed by atoms with E-state index in [1.165, 1.54) is 42.1 Å². The third-order valence-electron chi connectivity index (χ3n) is 5.09. The minimum atomic E-state index is 0.943. The fraction of sp³-hybridized carbons (Fsp3) is 0. The van der Waals surface area contributed by atoms with Gasteiger partial charge in [-0.3, -0.25) is 0 Å². The molecule has 122 valence electrons. The summed E-state index contributed by atoms with van der Waals surface area (Å²) in [7, 11) is 0. The Hall–Kier alpha value is -3.10. The van der Waals surface area contributed by atoms with Gasteiger partial charge in [0.1, 0.15) is 11.2 Å². The van der Waals surface area contributed by atoms with Gasteiger partial charge in [0.15, 0.2) is 0 Å². The first-order chi connectivity index (χ1) is 12.9. The number of rotatable bonds is 1. The largest absolute Gasteiger partial charge is 0.456 e. The molecule has 6 aromatic rings. The summed E-state index contributed by atoms with van der Waals surface area (Å²) in [6, 6.07) is 30.1. The van der Waals surface area contributed by atoms with Crippen molar-refractivity contribution in [1.29, 1.82) is 0 Å². The lowest BCUT2D eigenvalue weighted by Gasteiger charge is -2.02. The predicted octanol–water partition coefficient (Wildman–Crippen LogP) is 7.62. The van der Waals surface area contributed by atoms with E-state index in [2.05, 4.69) is 72.8 Å². The van der Waals surface area contributed by atoms with Gasteiger partial charge in [0.05, 0.1) is 0 Å². The van der Waals surface area contributed by atoms with Gasteiger partial charge in [-0.1, -0.05) is 48.5 Å². The minimum absolute atomic E-state index is 0.943. The molecule has 0 radical (unpaired) electrons. The molecule has 0 spiro atoms. The summed E-state index contributed by atoms with van der Waals surface area (Å²) >= 11 is 1.85. The smallest absolute Gasteiger partial charge is 0.136 e. The van der Waals surface area contributed by atoms with Gasteiger partial charge in [0.2, 0.25) is 0 Å². The van der Waals surface area contributed by atoms with Crippen molar-refractivity contribution in [2.75, 3.05) is 0 Å². The van der Waals surface area contributed by atoms with Crippen LogP contribution in [0.2, 0.25) is 0 Å². The van der Waals surface area contributed by atoms with Gasteiger partial charge in [-0.15, -0.1) is 11.3 Å². The molecule has 2 heteroatoms. The topological polar surface area (TPSA) is 13.1 Å². The van der Waals surface area contributed by atoms with E-state index < -0.39 is 0 Å².